The molecule has 0 saturated heterocycles. The van der Waals surface area contributed by atoms with Gasteiger partial charge in [0.15, 0.2) is 11.6 Å². The summed E-state index contributed by atoms with van der Waals surface area (Å²) in [5.74, 6) is -1.75. The Morgan fingerprint density at radius 1 is 1.25 bits per heavy atom. The first-order chi connectivity index (χ1) is 5.54. The van der Waals surface area contributed by atoms with Crippen molar-refractivity contribution in [3.63, 3.8) is 0 Å². The van der Waals surface area contributed by atoms with E-state index in [0.717, 1.165) is 6.07 Å². The fraction of sp³-hybridized carbons (Fsp3) is 0.333. The van der Waals surface area contributed by atoms with Crippen molar-refractivity contribution in [3.05, 3.63) is 34.4 Å². The van der Waals surface area contributed by atoms with Gasteiger partial charge in [-0.1, -0.05) is 31.5 Å². The number of hydrogen-bond acceptors (Lipinski definition) is 0. The second kappa shape index (κ2) is 3.40. The zero-order valence-electron chi connectivity index (χ0n) is 6.87. The molecule has 0 fully saturated rings. The van der Waals surface area contributed by atoms with Gasteiger partial charge in [0.2, 0.25) is 0 Å². The molecule has 0 spiro atoms. The molecule has 1 aromatic carbocycles. The fourth-order valence-corrected chi connectivity index (χ4v) is 1.36. The molecule has 66 valence electrons. The summed E-state index contributed by atoms with van der Waals surface area (Å²) in [6, 6.07) is 2.60. The van der Waals surface area contributed by atoms with Crippen LogP contribution in [0.1, 0.15) is 25.3 Å². The molecule has 0 saturated carbocycles. The van der Waals surface area contributed by atoms with Gasteiger partial charge in [0.25, 0.3) is 0 Å². The van der Waals surface area contributed by atoms with Crippen molar-refractivity contribution in [1.29, 1.82) is 0 Å². The van der Waals surface area contributed by atoms with E-state index in [9.17, 15) is 8.78 Å². The van der Waals surface area contributed by atoms with Crippen LogP contribution in [0.4, 0.5) is 8.78 Å². The minimum absolute atomic E-state index is 0.104. The molecule has 0 heterocycles. The third-order valence-electron chi connectivity index (χ3n) is 1.69. The van der Waals surface area contributed by atoms with E-state index in [1.165, 1.54) is 6.07 Å². The van der Waals surface area contributed by atoms with Crippen molar-refractivity contribution in [2.45, 2.75) is 19.8 Å². The minimum Gasteiger partial charge on any atom is -0.204 e. The Labute approximate surface area is 75.2 Å². The van der Waals surface area contributed by atoms with Crippen LogP contribution in [0, 0.1) is 11.6 Å². The van der Waals surface area contributed by atoms with Gasteiger partial charge < -0.3 is 0 Å². The van der Waals surface area contributed by atoms with Crippen LogP contribution in [-0.4, -0.2) is 0 Å². The van der Waals surface area contributed by atoms with Gasteiger partial charge in [-0.3, -0.25) is 0 Å². The lowest BCUT2D eigenvalue weighted by Crippen LogP contribution is -1.94. The van der Waals surface area contributed by atoms with Crippen molar-refractivity contribution < 1.29 is 8.78 Å². The van der Waals surface area contributed by atoms with Crippen LogP contribution in [0.15, 0.2) is 12.1 Å². The summed E-state index contributed by atoms with van der Waals surface area (Å²) in [7, 11) is 0. The van der Waals surface area contributed by atoms with E-state index in [2.05, 4.69) is 0 Å². The molecular formula is C9H9ClF2. The van der Waals surface area contributed by atoms with Crippen LogP contribution in [0.25, 0.3) is 0 Å². The Hall–Kier alpha value is -0.630. The highest BCUT2D eigenvalue weighted by molar-refractivity contribution is 6.31. The maximum Gasteiger partial charge on any atom is 0.177 e. The van der Waals surface area contributed by atoms with Crippen LogP contribution in [0.5, 0.6) is 0 Å². The maximum atomic E-state index is 12.8. The quantitative estimate of drug-likeness (QED) is 0.592. The molecule has 0 nitrogen and oxygen atoms in total. The zero-order chi connectivity index (χ0) is 9.30. The van der Waals surface area contributed by atoms with Crippen molar-refractivity contribution in [1.82, 2.24) is 0 Å². The lowest BCUT2D eigenvalue weighted by Gasteiger charge is -2.08. The summed E-state index contributed by atoms with van der Waals surface area (Å²) in [5, 5.41) is -0.106. The van der Waals surface area contributed by atoms with Gasteiger partial charge in [-0.15, -0.1) is 0 Å². The second-order valence-corrected chi connectivity index (χ2v) is 3.30. The topological polar surface area (TPSA) is 0 Å². The van der Waals surface area contributed by atoms with Gasteiger partial charge in [-0.25, -0.2) is 8.78 Å². The van der Waals surface area contributed by atoms with Crippen LogP contribution in [0.2, 0.25) is 5.02 Å². The number of benzene rings is 1. The molecule has 0 aliphatic rings. The number of rotatable bonds is 1. The predicted molar refractivity (Wildman–Crippen MR) is 45.5 cm³/mol. The lowest BCUT2D eigenvalue weighted by atomic mass is 10.0. The van der Waals surface area contributed by atoms with E-state index < -0.39 is 11.6 Å². The standard InChI is InChI=1S/C9H9ClF2/c1-5(2)6-3-4-7(11)9(12)8(6)10/h3-5H,1-2H3. The highest BCUT2D eigenvalue weighted by atomic mass is 35.5. The summed E-state index contributed by atoms with van der Waals surface area (Å²) in [4.78, 5) is 0. The highest BCUT2D eigenvalue weighted by Crippen LogP contribution is 2.27. The molecule has 0 unspecified atom stereocenters. The highest BCUT2D eigenvalue weighted by Gasteiger charge is 2.12. The van der Waals surface area contributed by atoms with Gasteiger partial charge in [0.1, 0.15) is 0 Å². The van der Waals surface area contributed by atoms with E-state index in [-0.39, 0.29) is 10.9 Å². The molecule has 0 bridgehead atoms. The average Bonchev–Trinajstić information content (AvgIpc) is 2.00. The van der Waals surface area contributed by atoms with Crippen molar-refractivity contribution in [3.8, 4) is 0 Å². The molecular weight excluding hydrogens is 182 g/mol. The Morgan fingerprint density at radius 3 is 2.33 bits per heavy atom. The molecule has 0 aliphatic carbocycles. The van der Waals surface area contributed by atoms with Gasteiger partial charge in [-0.05, 0) is 17.5 Å². The Balaban J connectivity index is 3.27. The summed E-state index contributed by atoms with van der Waals surface area (Å²) in [6.07, 6.45) is 0. The summed E-state index contributed by atoms with van der Waals surface area (Å²) in [5.41, 5.74) is 0.635. The molecule has 0 amide bonds. The first-order valence-corrected chi connectivity index (χ1v) is 4.05. The SMILES string of the molecule is CC(C)c1ccc(F)c(F)c1Cl. The van der Waals surface area contributed by atoms with Crippen LogP contribution >= 0.6 is 11.6 Å². The summed E-state index contributed by atoms with van der Waals surface area (Å²) in [6.45, 7) is 3.75. The van der Waals surface area contributed by atoms with Crippen LogP contribution in [-0.2, 0) is 0 Å². The normalized spacial score (nSPS) is 10.8. The van der Waals surface area contributed by atoms with E-state index in [0.29, 0.717) is 5.56 Å². The van der Waals surface area contributed by atoms with Crippen LogP contribution < -0.4 is 0 Å². The first kappa shape index (κ1) is 9.46. The van der Waals surface area contributed by atoms with E-state index >= 15 is 0 Å². The predicted octanol–water partition coefficient (Wildman–Crippen LogP) is 3.74. The Morgan fingerprint density at radius 2 is 1.83 bits per heavy atom. The zero-order valence-corrected chi connectivity index (χ0v) is 7.62. The van der Waals surface area contributed by atoms with E-state index in [1.54, 1.807) is 0 Å². The van der Waals surface area contributed by atoms with Crippen molar-refractivity contribution in [2.75, 3.05) is 0 Å². The third kappa shape index (κ3) is 1.58. The minimum atomic E-state index is -0.956. The number of halogens is 3. The molecule has 1 aromatic rings. The monoisotopic (exact) mass is 190 g/mol. The van der Waals surface area contributed by atoms with E-state index in [4.69, 9.17) is 11.6 Å². The van der Waals surface area contributed by atoms with Gasteiger partial charge in [0, 0.05) is 0 Å². The largest absolute Gasteiger partial charge is 0.204 e. The molecule has 0 radical (unpaired) electrons. The van der Waals surface area contributed by atoms with Gasteiger partial charge >= 0.3 is 0 Å². The van der Waals surface area contributed by atoms with Crippen molar-refractivity contribution in [2.24, 2.45) is 0 Å². The summed E-state index contributed by atoms with van der Waals surface area (Å²) >= 11 is 5.58. The maximum absolute atomic E-state index is 12.8. The Bertz CT molecular complexity index is 295. The van der Waals surface area contributed by atoms with Gasteiger partial charge in [0.05, 0.1) is 5.02 Å². The summed E-state index contributed by atoms with van der Waals surface area (Å²) < 4.78 is 25.4. The molecule has 0 aromatic heterocycles. The Kier molecular flexibility index (Phi) is 2.68. The second-order valence-electron chi connectivity index (χ2n) is 2.92. The average molecular weight is 191 g/mol. The fourth-order valence-electron chi connectivity index (χ4n) is 0.987. The third-order valence-corrected chi connectivity index (χ3v) is 2.07. The molecule has 1 rings (SSSR count). The smallest absolute Gasteiger partial charge is 0.177 e. The molecule has 0 atom stereocenters. The number of hydrogen-bond donors (Lipinski definition) is 0. The molecule has 0 aliphatic heterocycles. The van der Waals surface area contributed by atoms with Gasteiger partial charge in [-0.2, -0.15) is 0 Å². The lowest BCUT2D eigenvalue weighted by molar-refractivity contribution is 0.506. The first-order valence-electron chi connectivity index (χ1n) is 3.67. The van der Waals surface area contributed by atoms with Crippen molar-refractivity contribution >= 4 is 11.6 Å². The van der Waals surface area contributed by atoms with E-state index in [1.807, 2.05) is 13.8 Å². The molecule has 3 heteroatoms. The molecule has 12 heavy (non-hydrogen) atoms. The molecule has 0 N–H and O–H groups in total. The van der Waals surface area contributed by atoms with Crippen LogP contribution in [0.3, 0.4) is 0 Å².